The summed E-state index contributed by atoms with van der Waals surface area (Å²) in [7, 11) is -2.91. The molecule has 0 radical (unpaired) electrons. The van der Waals surface area contributed by atoms with Crippen molar-refractivity contribution in [1.82, 2.24) is 0 Å². The molecule has 100 valence electrons. The lowest BCUT2D eigenvalue weighted by atomic mass is 10.2. The van der Waals surface area contributed by atoms with Crippen LogP contribution in [0.25, 0.3) is 0 Å². The summed E-state index contributed by atoms with van der Waals surface area (Å²) in [4.78, 5) is 0. The Kier molecular flexibility index (Phi) is 4.28. The quantitative estimate of drug-likeness (QED) is 0.813. The summed E-state index contributed by atoms with van der Waals surface area (Å²) in [6.07, 6.45) is 0.979. The van der Waals surface area contributed by atoms with Crippen molar-refractivity contribution in [2.45, 2.75) is 13.3 Å². The molecule has 0 fully saturated rings. The average Bonchev–Trinajstić information content (AvgIpc) is 2.39. The number of nitrogens with one attached hydrogen (secondary N) is 1. The fourth-order valence-electron chi connectivity index (χ4n) is 1.76. The standard InChI is InChI=1S/C15H18NO2P/c1-3-13-9-11-15(12-10-13)18-19(2,17)16-14-7-5-4-6-8-14/h4-12H,3H2,1-2H3,(H,16,17). The molecule has 19 heavy (non-hydrogen) atoms. The van der Waals surface area contributed by atoms with Crippen LogP contribution in [0.1, 0.15) is 12.5 Å². The van der Waals surface area contributed by atoms with Crippen molar-refractivity contribution >= 4 is 13.2 Å². The predicted octanol–water partition coefficient (Wildman–Crippen LogP) is 4.56. The van der Waals surface area contributed by atoms with Gasteiger partial charge in [0.2, 0.25) is 0 Å². The zero-order valence-electron chi connectivity index (χ0n) is 11.2. The van der Waals surface area contributed by atoms with Gasteiger partial charge in [-0.25, -0.2) is 0 Å². The predicted molar refractivity (Wildman–Crippen MR) is 80.0 cm³/mol. The zero-order valence-corrected chi connectivity index (χ0v) is 12.1. The van der Waals surface area contributed by atoms with Crippen LogP contribution in [0, 0.1) is 0 Å². The summed E-state index contributed by atoms with van der Waals surface area (Å²) in [5.74, 6) is 0.617. The van der Waals surface area contributed by atoms with E-state index in [1.165, 1.54) is 5.56 Å². The van der Waals surface area contributed by atoms with Crippen molar-refractivity contribution in [1.29, 1.82) is 0 Å². The van der Waals surface area contributed by atoms with Gasteiger partial charge in [0.05, 0.1) is 0 Å². The van der Waals surface area contributed by atoms with E-state index in [9.17, 15) is 4.57 Å². The molecule has 1 N–H and O–H groups in total. The van der Waals surface area contributed by atoms with Crippen LogP contribution in [-0.2, 0) is 11.0 Å². The zero-order chi connectivity index (χ0) is 13.7. The van der Waals surface area contributed by atoms with Gasteiger partial charge in [0.15, 0.2) is 0 Å². The highest BCUT2D eigenvalue weighted by Gasteiger charge is 2.16. The number of hydrogen-bond donors (Lipinski definition) is 1. The maximum atomic E-state index is 12.4. The molecule has 4 heteroatoms. The third kappa shape index (κ3) is 4.15. The second-order valence-corrected chi connectivity index (χ2v) is 6.51. The fraction of sp³-hybridized carbons (Fsp3) is 0.200. The van der Waals surface area contributed by atoms with Crippen LogP contribution in [0.5, 0.6) is 5.75 Å². The highest BCUT2D eigenvalue weighted by atomic mass is 31.2. The average molecular weight is 275 g/mol. The van der Waals surface area contributed by atoms with Crippen molar-refractivity contribution in [2.24, 2.45) is 0 Å². The first-order chi connectivity index (χ1) is 9.09. The summed E-state index contributed by atoms with van der Waals surface area (Å²) in [5, 5.41) is 2.93. The maximum Gasteiger partial charge on any atom is 0.338 e. The molecule has 0 bridgehead atoms. The van der Waals surface area contributed by atoms with E-state index in [2.05, 4.69) is 12.0 Å². The van der Waals surface area contributed by atoms with Crippen molar-refractivity contribution in [3.05, 3.63) is 60.2 Å². The molecule has 1 atom stereocenters. The molecule has 2 aromatic carbocycles. The van der Waals surface area contributed by atoms with E-state index in [1.807, 2.05) is 54.6 Å². The molecule has 3 nitrogen and oxygen atoms in total. The van der Waals surface area contributed by atoms with E-state index in [-0.39, 0.29) is 0 Å². The fourth-order valence-corrected chi connectivity index (χ4v) is 2.94. The largest absolute Gasteiger partial charge is 0.429 e. The number of para-hydroxylation sites is 1. The molecule has 2 aromatic rings. The van der Waals surface area contributed by atoms with Crippen molar-refractivity contribution in [3.8, 4) is 5.75 Å². The molecule has 0 aliphatic rings. The van der Waals surface area contributed by atoms with Crippen LogP contribution >= 0.6 is 7.52 Å². The Balaban J connectivity index is 2.06. The van der Waals surface area contributed by atoms with Crippen molar-refractivity contribution in [2.75, 3.05) is 11.8 Å². The molecule has 0 saturated carbocycles. The lowest BCUT2D eigenvalue weighted by Crippen LogP contribution is -2.02. The van der Waals surface area contributed by atoms with E-state index in [4.69, 9.17) is 4.52 Å². The monoisotopic (exact) mass is 275 g/mol. The third-order valence-electron chi connectivity index (χ3n) is 2.72. The lowest BCUT2D eigenvalue weighted by molar-refractivity contribution is 0.493. The van der Waals surface area contributed by atoms with Gasteiger partial charge in [-0.3, -0.25) is 4.57 Å². The van der Waals surface area contributed by atoms with Crippen molar-refractivity contribution < 1.29 is 9.09 Å². The Hall–Kier alpha value is -1.73. The van der Waals surface area contributed by atoms with Gasteiger partial charge in [0, 0.05) is 12.4 Å². The van der Waals surface area contributed by atoms with Crippen LogP contribution in [0.3, 0.4) is 0 Å². The molecule has 2 rings (SSSR count). The number of aryl methyl sites for hydroxylation is 1. The number of anilines is 1. The summed E-state index contributed by atoms with van der Waals surface area (Å²) in [6.45, 7) is 3.67. The molecular formula is C15H18NO2P. The number of hydrogen-bond acceptors (Lipinski definition) is 2. The first kappa shape index (κ1) is 13.7. The van der Waals surface area contributed by atoms with Gasteiger partial charge in [-0.15, -0.1) is 0 Å². The molecule has 1 unspecified atom stereocenters. The highest BCUT2D eigenvalue weighted by Crippen LogP contribution is 2.43. The molecule has 0 spiro atoms. The third-order valence-corrected chi connectivity index (χ3v) is 3.94. The van der Waals surface area contributed by atoms with Crippen LogP contribution < -0.4 is 9.61 Å². The second kappa shape index (κ2) is 5.94. The Morgan fingerprint density at radius 2 is 1.68 bits per heavy atom. The molecule has 0 heterocycles. The summed E-state index contributed by atoms with van der Waals surface area (Å²) < 4.78 is 17.9. The number of rotatable bonds is 5. The van der Waals surface area contributed by atoms with Gasteiger partial charge in [-0.1, -0.05) is 37.3 Å². The lowest BCUT2D eigenvalue weighted by Gasteiger charge is -2.17. The molecule has 0 aliphatic heterocycles. The van der Waals surface area contributed by atoms with E-state index in [0.717, 1.165) is 12.1 Å². The van der Waals surface area contributed by atoms with E-state index in [0.29, 0.717) is 5.75 Å². The van der Waals surface area contributed by atoms with Crippen LogP contribution in [-0.4, -0.2) is 6.66 Å². The summed E-state index contributed by atoms with van der Waals surface area (Å²) in [5.41, 5.74) is 2.02. The van der Waals surface area contributed by atoms with Crippen molar-refractivity contribution in [3.63, 3.8) is 0 Å². The molecule has 0 aliphatic carbocycles. The minimum Gasteiger partial charge on any atom is -0.429 e. The van der Waals surface area contributed by atoms with Gasteiger partial charge in [-0.05, 0) is 36.2 Å². The van der Waals surface area contributed by atoms with E-state index < -0.39 is 7.52 Å². The smallest absolute Gasteiger partial charge is 0.338 e. The Bertz CT molecular complexity index is 566. The summed E-state index contributed by atoms with van der Waals surface area (Å²) in [6, 6.07) is 17.1. The Morgan fingerprint density at radius 3 is 2.26 bits per heavy atom. The first-order valence-corrected chi connectivity index (χ1v) is 8.35. The van der Waals surface area contributed by atoms with Gasteiger partial charge in [0.25, 0.3) is 0 Å². The Labute approximate surface area is 114 Å². The summed E-state index contributed by atoms with van der Waals surface area (Å²) >= 11 is 0. The van der Waals surface area contributed by atoms with Gasteiger partial charge in [0.1, 0.15) is 5.75 Å². The molecular weight excluding hydrogens is 257 g/mol. The second-order valence-electron chi connectivity index (χ2n) is 4.41. The highest BCUT2D eigenvalue weighted by molar-refractivity contribution is 7.60. The first-order valence-electron chi connectivity index (χ1n) is 6.28. The van der Waals surface area contributed by atoms with Gasteiger partial charge in [-0.2, -0.15) is 0 Å². The van der Waals surface area contributed by atoms with Gasteiger partial charge >= 0.3 is 7.52 Å². The minimum atomic E-state index is -2.91. The van der Waals surface area contributed by atoms with Crippen LogP contribution in [0.15, 0.2) is 54.6 Å². The molecule has 0 saturated heterocycles. The maximum absolute atomic E-state index is 12.4. The molecule has 0 aromatic heterocycles. The van der Waals surface area contributed by atoms with Crippen LogP contribution in [0.4, 0.5) is 5.69 Å². The van der Waals surface area contributed by atoms with E-state index in [1.54, 1.807) is 6.66 Å². The molecule has 0 amide bonds. The SMILES string of the molecule is CCc1ccc(OP(C)(=O)Nc2ccccc2)cc1. The normalized spacial score (nSPS) is 13.6. The van der Waals surface area contributed by atoms with E-state index >= 15 is 0 Å². The number of benzene rings is 2. The topological polar surface area (TPSA) is 38.3 Å². The van der Waals surface area contributed by atoms with Gasteiger partial charge < -0.3 is 9.61 Å². The Morgan fingerprint density at radius 1 is 1.05 bits per heavy atom. The minimum absolute atomic E-state index is 0.617. The van der Waals surface area contributed by atoms with Crippen LogP contribution in [0.2, 0.25) is 0 Å².